The highest BCUT2D eigenvalue weighted by molar-refractivity contribution is 7.47. The van der Waals surface area contributed by atoms with Gasteiger partial charge in [-0.2, -0.15) is 0 Å². The summed E-state index contributed by atoms with van der Waals surface area (Å²) in [5.41, 5.74) is 0. The van der Waals surface area contributed by atoms with Gasteiger partial charge in [-0.15, -0.1) is 0 Å². The van der Waals surface area contributed by atoms with Crippen molar-refractivity contribution < 1.29 is 63.1 Å². The van der Waals surface area contributed by atoms with Gasteiger partial charge >= 0.3 is 19.8 Å². The van der Waals surface area contributed by atoms with Crippen LogP contribution in [0.5, 0.6) is 0 Å². The van der Waals surface area contributed by atoms with E-state index in [0.717, 1.165) is 57.8 Å². The van der Waals surface area contributed by atoms with Crippen molar-refractivity contribution >= 4 is 19.8 Å². The Morgan fingerprint density at radius 1 is 0.476 bits per heavy atom. The minimum absolute atomic E-state index is 0.0911. The molecular formula is C49H93O13P. The summed E-state index contributed by atoms with van der Waals surface area (Å²) in [7, 11) is -5.12. The van der Waals surface area contributed by atoms with Crippen LogP contribution in [0.25, 0.3) is 0 Å². The van der Waals surface area contributed by atoms with Gasteiger partial charge in [0.15, 0.2) is 6.10 Å². The van der Waals surface area contributed by atoms with Gasteiger partial charge in [0.25, 0.3) is 0 Å². The second-order valence-corrected chi connectivity index (χ2v) is 19.4. The van der Waals surface area contributed by atoms with E-state index in [9.17, 15) is 44.6 Å². The smallest absolute Gasteiger partial charge is 0.462 e. The molecule has 0 aromatic heterocycles. The van der Waals surface area contributed by atoms with Crippen LogP contribution in [0.1, 0.15) is 232 Å². The number of hydrogen-bond acceptors (Lipinski definition) is 12. The van der Waals surface area contributed by atoms with E-state index in [1.165, 1.54) is 135 Å². The number of allylic oxidation sites excluding steroid dienone is 2. The zero-order chi connectivity index (χ0) is 46.4. The average Bonchev–Trinajstić information content (AvgIpc) is 3.26. The molecule has 0 aromatic carbocycles. The summed E-state index contributed by atoms with van der Waals surface area (Å²) >= 11 is 0. The number of hydrogen-bond donors (Lipinski definition) is 6. The lowest BCUT2D eigenvalue weighted by atomic mass is 9.85. The summed E-state index contributed by atoms with van der Waals surface area (Å²) < 4.78 is 33.6. The maximum atomic E-state index is 12.8. The quantitative estimate of drug-likeness (QED) is 0.0146. The molecule has 1 rings (SSSR count). The fraction of sp³-hybridized carbons (Fsp3) is 0.918. The first-order chi connectivity index (χ1) is 30.4. The van der Waals surface area contributed by atoms with Gasteiger partial charge in [-0.1, -0.05) is 193 Å². The molecule has 0 heterocycles. The van der Waals surface area contributed by atoms with Crippen LogP contribution in [0, 0.1) is 0 Å². The molecule has 0 aromatic rings. The van der Waals surface area contributed by atoms with Crippen LogP contribution in [0.4, 0.5) is 0 Å². The Morgan fingerprint density at radius 2 is 0.810 bits per heavy atom. The van der Waals surface area contributed by atoms with Gasteiger partial charge in [0.2, 0.25) is 0 Å². The van der Waals surface area contributed by atoms with Gasteiger partial charge in [-0.25, -0.2) is 4.57 Å². The highest BCUT2D eigenvalue weighted by atomic mass is 31.2. The summed E-state index contributed by atoms with van der Waals surface area (Å²) in [6.45, 7) is 3.32. The number of unbranched alkanes of at least 4 members (excludes halogenated alkanes) is 29. The molecule has 1 aliphatic carbocycles. The fourth-order valence-corrected chi connectivity index (χ4v) is 8.96. The molecule has 1 fully saturated rings. The van der Waals surface area contributed by atoms with Gasteiger partial charge in [-0.05, 0) is 38.5 Å². The van der Waals surface area contributed by atoms with Crippen molar-refractivity contribution in [3.05, 3.63) is 12.2 Å². The topological polar surface area (TPSA) is 210 Å². The van der Waals surface area contributed by atoms with Crippen LogP contribution >= 0.6 is 7.82 Å². The van der Waals surface area contributed by atoms with E-state index >= 15 is 0 Å². The van der Waals surface area contributed by atoms with E-state index in [1.807, 2.05) is 0 Å². The van der Waals surface area contributed by atoms with Crippen molar-refractivity contribution in [3.8, 4) is 0 Å². The van der Waals surface area contributed by atoms with Crippen LogP contribution in [0.15, 0.2) is 12.2 Å². The lowest BCUT2D eigenvalue weighted by Crippen LogP contribution is -2.64. The van der Waals surface area contributed by atoms with E-state index in [1.54, 1.807) is 0 Å². The summed E-state index contributed by atoms with van der Waals surface area (Å²) in [6.07, 6.45) is 29.8. The molecule has 0 radical (unpaired) electrons. The van der Waals surface area contributed by atoms with Crippen LogP contribution in [-0.2, 0) is 32.7 Å². The van der Waals surface area contributed by atoms with Crippen molar-refractivity contribution in [2.75, 3.05) is 13.2 Å². The normalized spacial score (nSPS) is 21.7. The maximum Gasteiger partial charge on any atom is 0.472 e. The molecule has 0 bridgehead atoms. The number of aliphatic hydroxyl groups excluding tert-OH is 5. The van der Waals surface area contributed by atoms with Gasteiger partial charge in [0.1, 0.15) is 43.2 Å². The number of aliphatic hydroxyl groups is 5. The molecule has 0 amide bonds. The molecule has 14 heteroatoms. The number of carbonyl (C=O) groups excluding carboxylic acids is 2. The van der Waals surface area contributed by atoms with Crippen molar-refractivity contribution in [1.82, 2.24) is 0 Å². The summed E-state index contributed by atoms with van der Waals surface area (Å²) in [6, 6.07) is 0. The fourth-order valence-electron chi connectivity index (χ4n) is 7.99. The largest absolute Gasteiger partial charge is 0.472 e. The summed E-state index contributed by atoms with van der Waals surface area (Å²) in [5.74, 6) is -1.10. The maximum absolute atomic E-state index is 12.8. The standard InChI is InChI=1S/C49H93O13P/c1-3-5-7-9-11-13-15-17-19-20-21-22-24-25-27-29-31-33-35-37-42(50)59-39-41(40-60-63(57,58)62-49-47(55)45(53)44(52)46(54)48(49)56)61-43(51)38-36-34-32-30-28-26-23-18-16-14-12-10-8-6-4-2/h18,23,41,44-49,52-56H,3-17,19-22,24-40H2,1-2H3,(H,57,58)/b23-18-/t41-,44?,45-,46?,47?,48?,49?/m1/s1. The minimum Gasteiger partial charge on any atom is -0.462 e. The Kier molecular flexibility index (Phi) is 37.6. The van der Waals surface area contributed by atoms with Crippen molar-refractivity contribution in [2.24, 2.45) is 0 Å². The third kappa shape index (κ3) is 32.0. The Morgan fingerprint density at radius 3 is 1.21 bits per heavy atom. The van der Waals surface area contributed by atoms with E-state index in [0.29, 0.717) is 12.8 Å². The zero-order valence-electron chi connectivity index (χ0n) is 39.6. The molecule has 1 saturated carbocycles. The minimum atomic E-state index is -5.12. The Balaban J connectivity index is 2.39. The zero-order valence-corrected chi connectivity index (χ0v) is 40.5. The van der Waals surface area contributed by atoms with Gasteiger partial charge in [0.05, 0.1) is 6.61 Å². The Hall–Kier alpha value is -1.41. The molecule has 8 atom stereocenters. The van der Waals surface area contributed by atoms with Gasteiger partial charge in [0, 0.05) is 12.8 Å². The van der Waals surface area contributed by atoms with Crippen molar-refractivity contribution in [3.63, 3.8) is 0 Å². The second kappa shape index (κ2) is 39.7. The first-order valence-electron chi connectivity index (χ1n) is 25.5. The molecule has 63 heavy (non-hydrogen) atoms. The summed E-state index contributed by atoms with van der Waals surface area (Å²) in [5, 5.41) is 50.2. The lowest BCUT2D eigenvalue weighted by Gasteiger charge is -2.41. The number of carbonyl (C=O) groups is 2. The number of esters is 2. The van der Waals surface area contributed by atoms with E-state index in [2.05, 4.69) is 26.0 Å². The van der Waals surface area contributed by atoms with Crippen LogP contribution < -0.4 is 0 Å². The van der Waals surface area contributed by atoms with Crippen LogP contribution in [0.2, 0.25) is 0 Å². The van der Waals surface area contributed by atoms with E-state index < -0.39 is 75.7 Å². The van der Waals surface area contributed by atoms with Crippen molar-refractivity contribution in [2.45, 2.75) is 275 Å². The number of rotatable bonds is 43. The molecule has 0 spiro atoms. The molecule has 0 aliphatic heterocycles. The average molecular weight is 921 g/mol. The van der Waals surface area contributed by atoms with Gasteiger partial charge in [-0.3, -0.25) is 18.6 Å². The molecule has 1 aliphatic rings. The number of phosphoric acid groups is 1. The van der Waals surface area contributed by atoms with Crippen molar-refractivity contribution in [1.29, 1.82) is 0 Å². The molecule has 0 saturated heterocycles. The molecule has 6 unspecified atom stereocenters. The van der Waals surface area contributed by atoms with Gasteiger partial charge < -0.3 is 39.9 Å². The molecular weight excluding hydrogens is 828 g/mol. The molecule has 6 N–H and O–H groups in total. The van der Waals surface area contributed by atoms with E-state index in [4.69, 9.17) is 18.5 Å². The predicted octanol–water partition coefficient (Wildman–Crippen LogP) is 10.6. The SMILES string of the molecule is CCCCCCCC/C=C\CCCCCCCC(=O)O[C@H](COC(=O)CCCCCCCCCCCCCCCCCCCCC)COP(=O)(O)OC1C(O)C(O)C(O)[C@@H](O)C1O. The Labute approximate surface area is 382 Å². The molecule has 13 nitrogen and oxygen atoms in total. The number of ether oxygens (including phenoxy) is 2. The monoisotopic (exact) mass is 921 g/mol. The van der Waals surface area contributed by atoms with Crippen LogP contribution in [0.3, 0.4) is 0 Å². The summed E-state index contributed by atoms with van der Waals surface area (Å²) in [4.78, 5) is 35.8. The highest BCUT2D eigenvalue weighted by Gasteiger charge is 2.51. The second-order valence-electron chi connectivity index (χ2n) is 18.0. The van der Waals surface area contributed by atoms with Crippen LogP contribution in [-0.4, -0.2) is 98.3 Å². The van der Waals surface area contributed by atoms with E-state index in [-0.39, 0.29) is 12.8 Å². The molecule has 372 valence electrons. The third-order valence-electron chi connectivity index (χ3n) is 12.1. The number of phosphoric ester groups is 1. The predicted molar refractivity (Wildman–Crippen MR) is 249 cm³/mol. The first kappa shape index (κ1) is 59.6. The first-order valence-corrected chi connectivity index (χ1v) is 27.0. The highest BCUT2D eigenvalue weighted by Crippen LogP contribution is 2.47. The Bertz CT molecular complexity index is 1160. The third-order valence-corrected chi connectivity index (χ3v) is 13.1. The lowest BCUT2D eigenvalue weighted by molar-refractivity contribution is -0.220.